The third-order valence-electron chi connectivity index (χ3n) is 3.95. The van der Waals surface area contributed by atoms with Crippen molar-refractivity contribution in [1.29, 1.82) is 5.26 Å². The highest BCUT2D eigenvalue weighted by molar-refractivity contribution is 8.15. The van der Waals surface area contributed by atoms with Crippen molar-refractivity contribution in [2.24, 2.45) is 4.99 Å². The Morgan fingerprint density at radius 3 is 2.86 bits per heavy atom. The van der Waals surface area contributed by atoms with Crippen LogP contribution in [0.2, 0.25) is 5.02 Å². The highest BCUT2D eigenvalue weighted by Gasteiger charge is 2.38. The van der Waals surface area contributed by atoms with Crippen LogP contribution in [0.3, 0.4) is 0 Å². The van der Waals surface area contributed by atoms with Crippen LogP contribution in [0, 0.1) is 11.3 Å². The van der Waals surface area contributed by atoms with E-state index in [-0.39, 0.29) is 18.2 Å². The summed E-state index contributed by atoms with van der Waals surface area (Å²) in [4.78, 5) is 35.1. The first kappa shape index (κ1) is 19.9. The molecule has 0 aliphatic carbocycles. The predicted molar refractivity (Wildman–Crippen MR) is 110 cm³/mol. The van der Waals surface area contributed by atoms with Gasteiger partial charge in [-0.25, -0.2) is 9.98 Å². The second kappa shape index (κ2) is 8.87. The van der Waals surface area contributed by atoms with Gasteiger partial charge in [0.15, 0.2) is 11.0 Å². The molecule has 1 unspecified atom stereocenters. The van der Waals surface area contributed by atoms with E-state index >= 15 is 0 Å². The van der Waals surface area contributed by atoms with Gasteiger partial charge in [-0.15, -0.1) is 0 Å². The highest BCUT2D eigenvalue weighted by Crippen LogP contribution is 2.31. The first-order chi connectivity index (χ1) is 13.5. The molecule has 1 aromatic heterocycles. The molecule has 9 heteroatoms. The molecular weight excluding hydrogens is 398 g/mol. The minimum Gasteiger partial charge on any atom is -0.325 e. The number of amides is 2. The van der Waals surface area contributed by atoms with Crippen molar-refractivity contribution in [3.05, 3.63) is 53.2 Å². The topological polar surface area (TPSA) is 98.5 Å². The van der Waals surface area contributed by atoms with Crippen molar-refractivity contribution in [3.63, 3.8) is 0 Å². The van der Waals surface area contributed by atoms with Crippen molar-refractivity contribution in [2.45, 2.75) is 18.6 Å². The summed E-state index contributed by atoms with van der Waals surface area (Å²) in [5.41, 5.74) is 0.796. The summed E-state index contributed by atoms with van der Waals surface area (Å²) >= 11 is 7.06. The number of pyridine rings is 1. The molecular formula is C19H16ClN5O2S. The van der Waals surface area contributed by atoms with Crippen LogP contribution in [0.15, 0.2) is 47.6 Å². The zero-order valence-corrected chi connectivity index (χ0v) is 16.5. The average Bonchev–Trinajstić information content (AvgIpc) is 2.98. The number of halogens is 1. The first-order valence-electron chi connectivity index (χ1n) is 8.49. The number of nitrogens with zero attached hydrogens (tertiary/aromatic N) is 4. The van der Waals surface area contributed by atoms with Gasteiger partial charge in [0, 0.05) is 19.2 Å². The van der Waals surface area contributed by atoms with Gasteiger partial charge in [-0.1, -0.05) is 35.5 Å². The SMILES string of the molecule is CCN1C(=O)C(CC(=O)Nc2ccccc2C#N)SC1=Nc1ccc(Cl)cn1. The van der Waals surface area contributed by atoms with Gasteiger partial charge in [-0.3, -0.25) is 14.5 Å². The van der Waals surface area contributed by atoms with E-state index in [9.17, 15) is 9.59 Å². The van der Waals surface area contributed by atoms with Gasteiger partial charge in [-0.05, 0) is 31.2 Å². The van der Waals surface area contributed by atoms with Crippen LogP contribution in [-0.2, 0) is 9.59 Å². The van der Waals surface area contributed by atoms with Crippen molar-refractivity contribution >= 4 is 51.9 Å². The fourth-order valence-electron chi connectivity index (χ4n) is 2.61. The molecule has 1 aliphatic heterocycles. The van der Waals surface area contributed by atoms with Crippen LogP contribution in [0.5, 0.6) is 0 Å². The molecule has 1 N–H and O–H groups in total. The number of hydrogen-bond acceptors (Lipinski definition) is 6. The Labute approximate surface area is 171 Å². The van der Waals surface area contributed by atoms with Crippen molar-refractivity contribution in [1.82, 2.24) is 9.88 Å². The number of benzene rings is 1. The maximum absolute atomic E-state index is 12.7. The summed E-state index contributed by atoms with van der Waals surface area (Å²) in [7, 11) is 0. The first-order valence-corrected chi connectivity index (χ1v) is 9.75. The lowest BCUT2D eigenvalue weighted by Crippen LogP contribution is -2.33. The number of thioether (sulfide) groups is 1. The third-order valence-corrected chi connectivity index (χ3v) is 5.35. The molecule has 1 fully saturated rings. The van der Waals surface area contributed by atoms with Crippen LogP contribution in [0.1, 0.15) is 18.9 Å². The smallest absolute Gasteiger partial charge is 0.242 e. The van der Waals surface area contributed by atoms with Crippen molar-refractivity contribution < 1.29 is 9.59 Å². The van der Waals surface area contributed by atoms with Crippen LogP contribution in [0.4, 0.5) is 11.5 Å². The number of nitriles is 1. The molecule has 3 rings (SSSR count). The van der Waals surface area contributed by atoms with E-state index in [1.807, 2.05) is 13.0 Å². The second-order valence-electron chi connectivity index (χ2n) is 5.83. The maximum Gasteiger partial charge on any atom is 0.242 e. The fourth-order valence-corrected chi connectivity index (χ4v) is 3.93. The van der Waals surface area contributed by atoms with Gasteiger partial charge in [0.05, 0.1) is 16.3 Å². The Kier molecular flexibility index (Phi) is 6.29. The van der Waals surface area contributed by atoms with E-state index in [0.717, 1.165) is 0 Å². The predicted octanol–water partition coefficient (Wildman–Crippen LogP) is 3.59. The number of hydrogen-bond donors (Lipinski definition) is 1. The monoisotopic (exact) mass is 413 g/mol. The molecule has 2 heterocycles. The molecule has 2 amide bonds. The molecule has 0 radical (unpaired) electrons. The van der Waals surface area contributed by atoms with Crippen LogP contribution >= 0.6 is 23.4 Å². The Morgan fingerprint density at radius 1 is 1.39 bits per heavy atom. The molecule has 7 nitrogen and oxygen atoms in total. The number of aliphatic imine (C=N–C) groups is 1. The highest BCUT2D eigenvalue weighted by atomic mass is 35.5. The molecule has 1 aromatic carbocycles. The van der Waals surface area contributed by atoms with Gasteiger partial charge >= 0.3 is 0 Å². The summed E-state index contributed by atoms with van der Waals surface area (Å²) in [5.74, 6) is -0.0781. The average molecular weight is 414 g/mol. The van der Waals surface area contributed by atoms with Gasteiger partial charge in [0.1, 0.15) is 11.3 Å². The van der Waals surface area contributed by atoms with E-state index in [2.05, 4.69) is 15.3 Å². The Balaban J connectivity index is 1.72. The lowest BCUT2D eigenvalue weighted by atomic mass is 10.2. The second-order valence-corrected chi connectivity index (χ2v) is 7.43. The zero-order valence-electron chi connectivity index (χ0n) is 14.9. The molecule has 0 saturated carbocycles. The van der Waals surface area contributed by atoms with E-state index in [0.29, 0.717) is 33.8 Å². The van der Waals surface area contributed by atoms with Gasteiger partial charge in [0.25, 0.3) is 0 Å². The maximum atomic E-state index is 12.7. The van der Waals surface area contributed by atoms with Crippen LogP contribution in [0.25, 0.3) is 0 Å². The summed E-state index contributed by atoms with van der Waals surface area (Å²) < 4.78 is 0. The lowest BCUT2D eigenvalue weighted by Gasteiger charge is -2.13. The number of anilines is 1. The van der Waals surface area contributed by atoms with Crippen LogP contribution < -0.4 is 5.32 Å². The molecule has 142 valence electrons. The van der Waals surface area contributed by atoms with E-state index in [1.165, 1.54) is 22.9 Å². The Bertz CT molecular complexity index is 971. The van der Waals surface area contributed by atoms with Gasteiger partial charge < -0.3 is 5.32 Å². The van der Waals surface area contributed by atoms with E-state index < -0.39 is 5.25 Å². The molecule has 1 saturated heterocycles. The van der Waals surface area contributed by atoms with Crippen LogP contribution in [-0.4, -0.2) is 38.7 Å². The van der Waals surface area contributed by atoms with Crippen molar-refractivity contribution in [2.75, 3.05) is 11.9 Å². The van der Waals surface area contributed by atoms with Crippen molar-refractivity contribution in [3.8, 4) is 6.07 Å². The number of rotatable bonds is 5. The lowest BCUT2D eigenvalue weighted by molar-refractivity contribution is -0.128. The van der Waals surface area contributed by atoms with E-state index in [1.54, 1.807) is 36.4 Å². The Hall–Kier alpha value is -2.89. The largest absolute Gasteiger partial charge is 0.325 e. The number of carbonyl (C=O) groups excluding carboxylic acids is 2. The molecule has 2 aromatic rings. The Morgan fingerprint density at radius 2 is 2.18 bits per heavy atom. The summed E-state index contributed by atoms with van der Waals surface area (Å²) in [6.45, 7) is 2.28. The number of amidine groups is 1. The summed E-state index contributed by atoms with van der Waals surface area (Å²) in [5, 5.41) is 12.2. The minimum absolute atomic E-state index is 0.0210. The zero-order chi connectivity index (χ0) is 20.1. The molecule has 0 spiro atoms. The number of nitrogens with one attached hydrogen (secondary N) is 1. The number of para-hydroxylation sites is 1. The normalized spacial score (nSPS) is 17.6. The molecule has 1 aliphatic rings. The fraction of sp³-hybridized carbons (Fsp3) is 0.211. The standard InChI is InChI=1S/C19H16ClN5O2S/c1-2-25-18(27)15(28-19(25)24-16-8-7-13(20)11-22-16)9-17(26)23-14-6-4-3-5-12(14)10-21/h3-8,11,15H,2,9H2,1H3,(H,23,26). The number of carbonyl (C=O) groups is 2. The van der Waals surface area contributed by atoms with Gasteiger partial charge in [-0.2, -0.15) is 5.26 Å². The third kappa shape index (κ3) is 4.50. The van der Waals surface area contributed by atoms with E-state index in [4.69, 9.17) is 16.9 Å². The summed E-state index contributed by atoms with van der Waals surface area (Å²) in [6.07, 6.45) is 1.46. The quantitative estimate of drug-likeness (QED) is 0.807. The molecule has 1 atom stereocenters. The number of aromatic nitrogens is 1. The molecule has 0 bridgehead atoms. The molecule has 28 heavy (non-hydrogen) atoms. The summed E-state index contributed by atoms with van der Waals surface area (Å²) in [6, 6.07) is 12.1. The minimum atomic E-state index is -0.583. The van der Waals surface area contributed by atoms with Gasteiger partial charge in [0.2, 0.25) is 11.8 Å².